The lowest BCUT2D eigenvalue weighted by atomic mass is 10.2. The van der Waals surface area contributed by atoms with Gasteiger partial charge in [0.25, 0.3) is 0 Å². The van der Waals surface area contributed by atoms with E-state index in [-0.39, 0.29) is 6.03 Å². The maximum absolute atomic E-state index is 12.4. The molecule has 2 amide bonds. The zero-order chi connectivity index (χ0) is 18.5. The molecule has 1 aliphatic rings. The number of rotatable bonds is 4. The Balaban J connectivity index is 1.52. The summed E-state index contributed by atoms with van der Waals surface area (Å²) in [6.45, 7) is 3.24. The Labute approximate surface area is 163 Å². The fraction of sp³-hybridized carbons (Fsp3) is 0.316. The molecule has 0 spiro atoms. The number of benzene rings is 2. The van der Waals surface area contributed by atoms with Crippen LogP contribution in [-0.4, -0.2) is 44.2 Å². The van der Waals surface area contributed by atoms with Crippen molar-refractivity contribution in [3.8, 4) is 5.75 Å². The molecule has 0 radical (unpaired) electrons. The van der Waals surface area contributed by atoms with E-state index in [2.05, 4.69) is 10.2 Å². The molecule has 0 atom stereocenters. The van der Waals surface area contributed by atoms with Crippen molar-refractivity contribution in [2.24, 2.45) is 0 Å². The minimum absolute atomic E-state index is 0.0651. The number of hydrogen-bond acceptors (Lipinski definition) is 3. The monoisotopic (exact) mass is 393 g/mol. The zero-order valence-corrected chi connectivity index (χ0v) is 16.1. The summed E-state index contributed by atoms with van der Waals surface area (Å²) < 4.78 is 5.31. The van der Waals surface area contributed by atoms with Gasteiger partial charge >= 0.3 is 6.03 Å². The Bertz CT molecular complexity index is 777. The third kappa shape index (κ3) is 4.34. The number of amides is 2. The van der Waals surface area contributed by atoms with E-state index < -0.39 is 0 Å². The van der Waals surface area contributed by atoms with Gasteiger partial charge < -0.3 is 19.9 Å². The van der Waals surface area contributed by atoms with E-state index in [0.29, 0.717) is 29.7 Å². The Morgan fingerprint density at radius 3 is 2.50 bits per heavy atom. The second-order valence-corrected chi connectivity index (χ2v) is 6.86. The third-order valence-corrected chi connectivity index (χ3v) is 5.20. The number of nitrogens with zero attached hydrogens (tertiary/aromatic N) is 2. The van der Waals surface area contributed by atoms with E-state index in [1.165, 1.54) is 0 Å². The molecule has 1 fully saturated rings. The van der Waals surface area contributed by atoms with Crippen LogP contribution in [0.4, 0.5) is 10.5 Å². The van der Waals surface area contributed by atoms with Crippen molar-refractivity contribution in [3.63, 3.8) is 0 Å². The number of methoxy groups -OCH3 is 1. The van der Waals surface area contributed by atoms with Gasteiger partial charge in [-0.2, -0.15) is 0 Å². The molecule has 0 aliphatic carbocycles. The van der Waals surface area contributed by atoms with Crippen LogP contribution in [0.5, 0.6) is 5.75 Å². The maximum atomic E-state index is 12.4. The molecule has 7 heteroatoms. The van der Waals surface area contributed by atoms with Crippen LogP contribution in [0.2, 0.25) is 10.0 Å². The molecule has 3 rings (SSSR count). The number of nitrogens with one attached hydrogen (secondary N) is 1. The summed E-state index contributed by atoms with van der Waals surface area (Å²) >= 11 is 12.1. The first kappa shape index (κ1) is 18.7. The Kier molecular flexibility index (Phi) is 6.12. The van der Waals surface area contributed by atoms with Gasteiger partial charge in [-0.05, 0) is 24.3 Å². The van der Waals surface area contributed by atoms with Gasteiger partial charge in [-0.15, -0.1) is 0 Å². The average molecular weight is 394 g/mol. The van der Waals surface area contributed by atoms with E-state index in [1.54, 1.807) is 13.2 Å². The van der Waals surface area contributed by atoms with E-state index >= 15 is 0 Å². The van der Waals surface area contributed by atoms with Crippen LogP contribution in [0, 0.1) is 0 Å². The molecule has 0 bridgehead atoms. The molecule has 5 nitrogen and oxygen atoms in total. The van der Waals surface area contributed by atoms with Crippen molar-refractivity contribution in [1.82, 2.24) is 10.2 Å². The number of carbonyl (C=O) groups is 1. The van der Waals surface area contributed by atoms with Crippen LogP contribution >= 0.6 is 23.2 Å². The number of carbonyl (C=O) groups excluding carboxylic acids is 1. The number of ether oxygens (including phenoxy) is 1. The number of urea groups is 1. The summed E-state index contributed by atoms with van der Waals surface area (Å²) in [5, 5.41) is 4.05. The molecule has 1 N–H and O–H groups in total. The first-order chi connectivity index (χ1) is 12.6. The Hall–Kier alpha value is -2.11. The van der Waals surface area contributed by atoms with Gasteiger partial charge in [0.1, 0.15) is 5.75 Å². The second-order valence-electron chi connectivity index (χ2n) is 6.04. The van der Waals surface area contributed by atoms with Gasteiger partial charge in [0.05, 0.1) is 17.2 Å². The van der Waals surface area contributed by atoms with E-state index in [0.717, 1.165) is 30.1 Å². The summed E-state index contributed by atoms with van der Waals surface area (Å²) in [6.07, 6.45) is 0. The summed E-state index contributed by atoms with van der Waals surface area (Å²) in [4.78, 5) is 16.5. The minimum atomic E-state index is -0.0651. The SMILES string of the molecule is COc1ccccc1CNC(=O)N1CCN(c2ccc(Cl)c(Cl)c2)CC1. The standard InChI is InChI=1S/C19H21Cl2N3O2/c1-26-18-5-3-2-4-14(18)13-22-19(25)24-10-8-23(9-11-24)15-6-7-16(20)17(21)12-15/h2-7,12H,8-11,13H2,1H3,(H,22,25). The highest BCUT2D eigenvalue weighted by Crippen LogP contribution is 2.27. The molecule has 26 heavy (non-hydrogen) atoms. The van der Waals surface area contributed by atoms with Gasteiger partial charge in [0.2, 0.25) is 0 Å². The first-order valence-electron chi connectivity index (χ1n) is 8.43. The van der Waals surface area contributed by atoms with E-state index in [9.17, 15) is 4.79 Å². The van der Waals surface area contributed by atoms with Crippen molar-refractivity contribution in [2.45, 2.75) is 6.54 Å². The minimum Gasteiger partial charge on any atom is -0.496 e. The molecule has 1 aliphatic heterocycles. The Morgan fingerprint density at radius 1 is 1.08 bits per heavy atom. The lowest BCUT2D eigenvalue weighted by molar-refractivity contribution is 0.194. The number of hydrogen-bond donors (Lipinski definition) is 1. The average Bonchev–Trinajstić information content (AvgIpc) is 2.68. The lowest BCUT2D eigenvalue weighted by Crippen LogP contribution is -2.51. The first-order valence-corrected chi connectivity index (χ1v) is 9.19. The van der Waals surface area contributed by atoms with E-state index in [4.69, 9.17) is 27.9 Å². The maximum Gasteiger partial charge on any atom is 0.317 e. The highest BCUT2D eigenvalue weighted by Gasteiger charge is 2.21. The van der Waals surface area contributed by atoms with Gasteiger partial charge in [-0.1, -0.05) is 41.4 Å². The van der Waals surface area contributed by atoms with Gasteiger partial charge in [-0.25, -0.2) is 4.79 Å². The second kappa shape index (κ2) is 8.52. The fourth-order valence-electron chi connectivity index (χ4n) is 2.98. The highest BCUT2D eigenvalue weighted by atomic mass is 35.5. The van der Waals surface area contributed by atoms with Crippen LogP contribution in [0.3, 0.4) is 0 Å². The predicted molar refractivity (Wildman–Crippen MR) is 105 cm³/mol. The van der Waals surface area contributed by atoms with Crippen molar-refractivity contribution in [1.29, 1.82) is 0 Å². The fourth-order valence-corrected chi connectivity index (χ4v) is 3.27. The van der Waals surface area contributed by atoms with Crippen LogP contribution in [-0.2, 0) is 6.54 Å². The van der Waals surface area contributed by atoms with Gasteiger partial charge in [-0.3, -0.25) is 0 Å². The van der Waals surface area contributed by atoms with Crippen molar-refractivity contribution >= 4 is 34.9 Å². The van der Waals surface area contributed by atoms with Crippen LogP contribution in [0.25, 0.3) is 0 Å². The summed E-state index contributed by atoms with van der Waals surface area (Å²) in [5.41, 5.74) is 1.98. The van der Waals surface area contributed by atoms with Gasteiger partial charge in [0.15, 0.2) is 0 Å². The molecular formula is C19H21Cl2N3O2. The molecule has 138 valence electrons. The van der Waals surface area contributed by atoms with E-state index in [1.807, 2.05) is 41.3 Å². The quantitative estimate of drug-likeness (QED) is 0.852. The van der Waals surface area contributed by atoms with Crippen LogP contribution in [0.1, 0.15) is 5.56 Å². The van der Waals surface area contributed by atoms with Crippen molar-refractivity contribution in [3.05, 3.63) is 58.1 Å². The summed E-state index contributed by atoms with van der Waals surface area (Å²) in [6, 6.07) is 13.2. The topological polar surface area (TPSA) is 44.8 Å². The largest absolute Gasteiger partial charge is 0.496 e. The van der Waals surface area contributed by atoms with Crippen molar-refractivity contribution in [2.75, 3.05) is 38.2 Å². The highest BCUT2D eigenvalue weighted by molar-refractivity contribution is 6.42. The molecule has 1 saturated heterocycles. The number of halogens is 2. The molecule has 0 unspecified atom stereocenters. The molecule has 2 aromatic carbocycles. The molecule has 0 saturated carbocycles. The molecule has 2 aromatic rings. The summed E-state index contributed by atoms with van der Waals surface area (Å²) in [5.74, 6) is 0.775. The smallest absolute Gasteiger partial charge is 0.317 e. The lowest BCUT2D eigenvalue weighted by Gasteiger charge is -2.36. The molecule has 1 heterocycles. The number of piperazine rings is 1. The number of anilines is 1. The molecule has 0 aromatic heterocycles. The van der Waals surface area contributed by atoms with Crippen LogP contribution in [0.15, 0.2) is 42.5 Å². The molecular weight excluding hydrogens is 373 g/mol. The predicted octanol–water partition coefficient (Wildman–Crippen LogP) is 4.03. The number of para-hydroxylation sites is 1. The summed E-state index contributed by atoms with van der Waals surface area (Å²) in [7, 11) is 1.63. The zero-order valence-electron chi connectivity index (χ0n) is 14.5. The third-order valence-electron chi connectivity index (χ3n) is 4.46. The van der Waals surface area contributed by atoms with Crippen LogP contribution < -0.4 is 15.0 Å². The van der Waals surface area contributed by atoms with Crippen molar-refractivity contribution < 1.29 is 9.53 Å². The Morgan fingerprint density at radius 2 is 1.81 bits per heavy atom. The van der Waals surface area contributed by atoms with Gasteiger partial charge in [0, 0.05) is 44.0 Å². The normalized spacial score (nSPS) is 14.3.